The zero-order chi connectivity index (χ0) is 20.5. The van der Waals surface area contributed by atoms with Crippen LogP contribution in [-0.4, -0.2) is 31.6 Å². The average Bonchev–Trinajstić information content (AvgIpc) is 3.06. The Morgan fingerprint density at radius 2 is 1.63 bits per heavy atom. The van der Waals surface area contributed by atoms with Crippen LogP contribution in [0.1, 0.15) is 24.4 Å². The van der Waals surface area contributed by atoms with E-state index in [0.717, 1.165) is 54.8 Å². The van der Waals surface area contributed by atoms with Gasteiger partial charge in [0.2, 0.25) is 0 Å². The second kappa shape index (κ2) is 8.09. The number of likely N-dealkylation sites (tertiary alicyclic amines) is 1. The molecular formula is C24H23ClN4O. The average molecular weight is 419 g/mol. The molecule has 30 heavy (non-hydrogen) atoms. The maximum absolute atomic E-state index is 12.7. The number of fused-ring (bicyclic) bond motifs is 1. The number of aromatic nitrogens is 3. The Labute approximate surface area is 180 Å². The molecule has 2 aromatic carbocycles. The first kappa shape index (κ1) is 19.1. The first-order valence-electron chi connectivity index (χ1n) is 10.3. The van der Waals surface area contributed by atoms with Gasteiger partial charge in [-0.3, -0.25) is 14.5 Å². The lowest BCUT2D eigenvalue weighted by molar-refractivity contribution is 0.180. The van der Waals surface area contributed by atoms with Crippen LogP contribution in [-0.2, 0) is 6.54 Å². The van der Waals surface area contributed by atoms with Crippen LogP contribution in [0.2, 0.25) is 0 Å². The number of halogens is 1. The molecule has 1 aliphatic rings. The standard InChI is InChI=1S/C24H23ClN4O/c25-29-23-9-5-4-8-22(23)28(24(29)30)20-11-14-27(15-12-20)17-18-10-13-26-21(16-18)19-6-2-1-3-7-19/h1-10,13,16,20H,11-12,14-15,17H2. The van der Waals surface area contributed by atoms with Gasteiger partial charge in [-0.1, -0.05) is 42.5 Å². The minimum atomic E-state index is -0.141. The highest BCUT2D eigenvalue weighted by molar-refractivity contribution is 6.18. The van der Waals surface area contributed by atoms with Crippen LogP contribution < -0.4 is 5.69 Å². The Hall–Kier alpha value is -2.89. The highest BCUT2D eigenvalue weighted by atomic mass is 35.5. The Balaban J connectivity index is 1.30. The summed E-state index contributed by atoms with van der Waals surface area (Å²) in [4.78, 5) is 19.7. The van der Waals surface area contributed by atoms with E-state index in [4.69, 9.17) is 11.8 Å². The van der Waals surface area contributed by atoms with Gasteiger partial charge in [0.25, 0.3) is 0 Å². The molecule has 0 N–H and O–H groups in total. The highest BCUT2D eigenvalue weighted by Crippen LogP contribution is 2.27. The van der Waals surface area contributed by atoms with Crippen molar-refractivity contribution in [2.24, 2.45) is 0 Å². The number of para-hydroxylation sites is 2. The third-order valence-electron chi connectivity index (χ3n) is 5.95. The van der Waals surface area contributed by atoms with Crippen molar-refractivity contribution >= 4 is 22.8 Å². The van der Waals surface area contributed by atoms with Crippen LogP contribution in [0, 0.1) is 0 Å². The summed E-state index contributed by atoms with van der Waals surface area (Å²) in [6.07, 6.45) is 3.75. The van der Waals surface area contributed by atoms with Crippen molar-refractivity contribution < 1.29 is 0 Å². The van der Waals surface area contributed by atoms with Gasteiger partial charge >= 0.3 is 5.69 Å². The van der Waals surface area contributed by atoms with Crippen molar-refractivity contribution in [3.8, 4) is 11.3 Å². The molecule has 0 saturated carbocycles. The maximum atomic E-state index is 12.7. The summed E-state index contributed by atoms with van der Waals surface area (Å²) < 4.78 is 3.11. The molecule has 0 atom stereocenters. The van der Waals surface area contributed by atoms with Gasteiger partial charge in [-0.15, -0.1) is 0 Å². The summed E-state index contributed by atoms with van der Waals surface area (Å²) in [5.41, 5.74) is 4.95. The van der Waals surface area contributed by atoms with E-state index in [9.17, 15) is 4.79 Å². The number of pyridine rings is 1. The van der Waals surface area contributed by atoms with E-state index in [2.05, 4.69) is 34.1 Å². The molecule has 5 rings (SSSR count). The van der Waals surface area contributed by atoms with Gasteiger partial charge < -0.3 is 0 Å². The molecule has 5 nitrogen and oxygen atoms in total. The molecule has 3 heterocycles. The highest BCUT2D eigenvalue weighted by Gasteiger charge is 2.25. The normalized spacial score (nSPS) is 15.6. The smallest absolute Gasteiger partial charge is 0.299 e. The SMILES string of the molecule is O=c1n(Cl)c2ccccc2n1C1CCN(Cc2ccnc(-c3ccccc3)c2)CC1. The van der Waals surface area contributed by atoms with E-state index in [0.29, 0.717) is 0 Å². The zero-order valence-electron chi connectivity index (χ0n) is 16.6. The molecule has 0 aliphatic carbocycles. The summed E-state index contributed by atoms with van der Waals surface area (Å²) in [6.45, 7) is 2.78. The number of nitrogens with zero attached hydrogens (tertiary/aromatic N) is 4. The number of hydrogen-bond acceptors (Lipinski definition) is 3. The van der Waals surface area contributed by atoms with E-state index >= 15 is 0 Å². The van der Waals surface area contributed by atoms with E-state index in [1.807, 2.05) is 53.2 Å². The number of piperidine rings is 1. The monoisotopic (exact) mass is 418 g/mol. The van der Waals surface area contributed by atoms with Gasteiger partial charge in [0.1, 0.15) is 0 Å². The Kier molecular flexibility index (Phi) is 5.15. The van der Waals surface area contributed by atoms with Crippen LogP contribution in [0.4, 0.5) is 0 Å². The number of rotatable bonds is 4. The van der Waals surface area contributed by atoms with Crippen LogP contribution in [0.3, 0.4) is 0 Å². The lowest BCUT2D eigenvalue weighted by atomic mass is 10.0. The maximum Gasteiger partial charge on any atom is 0.344 e. The van der Waals surface area contributed by atoms with Gasteiger partial charge in [-0.05, 0) is 42.7 Å². The molecule has 1 aliphatic heterocycles. The topological polar surface area (TPSA) is 43.1 Å². The molecule has 4 aromatic rings. The molecule has 1 fully saturated rings. The number of imidazole rings is 1. The zero-order valence-corrected chi connectivity index (χ0v) is 17.4. The fourth-order valence-electron chi connectivity index (χ4n) is 4.42. The molecule has 1 saturated heterocycles. The van der Waals surface area contributed by atoms with E-state index < -0.39 is 0 Å². The third kappa shape index (κ3) is 3.55. The summed E-state index contributed by atoms with van der Waals surface area (Å²) >= 11 is 6.23. The van der Waals surface area contributed by atoms with Crippen molar-refractivity contribution in [2.45, 2.75) is 25.4 Å². The van der Waals surface area contributed by atoms with Gasteiger partial charge in [-0.2, -0.15) is 0 Å². The van der Waals surface area contributed by atoms with Crippen molar-refractivity contribution in [3.05, 3.63) is 89.0 Å². The summed E-state index contributed by atoms with van der Waals surface area (Å²) in [7, 11) is 0. The van der Waals surface area contributed by atoms with Gasteiger partial charge in [0.15, 0.2) is 0 Å². The van der Waals surface area contributed by atoms with Crippen LogP contribution in [0.5, 0.6) is 0 Å². The van der Waals surface area contributed by atoms with Crippen molar-refractivity contribution in [1.29, 1.82) is 0 Å². The lowest BCUT2D eigenvalue weighted by Gasteiger charge is -2.32. The fraction of sp³-hybridized carbons (Fsp3) is 0.250. The molecule has 2 aromatic heterocycles. The number of hydrogen-bond donors (Lipinski definition) is 0. The summed E-state index contributed by atoms with van der Waals surface area (Å²) in [5.74, 6) is 0. The molecule has 0 bridgehead atoms. The molecule has 0 radical (unpaired) electrons. The largest absolute Gasteiger partial charge is 0.344 e. The molecule has 6 heteroatoms. The Morgan fingerprint density at radius 1 is 0.933 bits per heavy atom. The number of benzene rings is 2. The summed E-state index contributed by atoms with van der Waals surface area (Å²) in [5, 5.41) is 0. The van der Waals surface area contributed by atoms with Crippen molar-refractivity contribution in [3.63, 3.8) is 0 Å². The van der Waals surface area contributed by atoms with Crippen LogP contribution in [0.25, 0.3) is 22.3 Å². The predicted octanol–water partition coefficient (Wildman–Crippen LogP) is 4.70. The van der Waals surface area contributed by atoms with Crippen molar-refractivity contribution in [1.82, 2.24) is 18.5 Å². The van der Waals surface area contributed by atoms with Crippen LogP contribution in [0.15, 0.2) is 77.7 Å². The quantitative estimate of drug-likeness (QED) is 0.482. The van der Waals surface area contributed by atoms with Gasteiger partial charge in [0.05, 0.1) is 16.7 Å². The first-order chi connectivity index (χ1) is 14.7. The Bertz CT molecular complexity index is 1220. The minimum Gasteiger partial charge on any atom is -0.299 e. The second-order valence-electron chi connectivity index (χ2n) is 7.84. The predicted molar refractivity (Wildman–Crippen MR) is 121 cm³/mol. The van der Waals surface area contributed by atoms with E-state index in [1.54, 1.807) is 0 Å². The van der Waals surface area contributed by atoms with E-state index in [1.165, 1.54) is 9.65 Å². The molecular weight excluding hydrogens is 396 g/mol. The fourth-order valence-corrected chi connectivity index (χ4v) is 4.65. The molecule has 0 spiro atoms. The first-order valence-corrected chi connectivity index (χ1v) is 10.7. The second-order valence-corrected chi connectivity index (χ2v) is 8.18. The minimum absolute atomic E-state index is 0.141. The van der Waals surface area contributed by atoms with Crippen molar-refractivity contribution in [2.75, 3.05) is 13.1 Å². The van der Waals surface area contributed by atoms with Crippen LogP contribution >= 0.6 is 11.8 Å². The van der Waals surface area contributed by atoms with Gasteiger partial charge in [0, 0.05) is 49.2 Å². The molecule has 0 amide bonds. The Morgan fingerprint density at radius 3 is 2.40 bits per heavy atom. The lowest BCUT2D eigenvalue weighted by Crippen LogP contribution is -2.37. The van der Waals surface area contributed by atoms with E-state index in [-0.39, 0.29) is 11.7 Å². The third-order valence-corrected chi connectivity index (χ3v) is 6.28. The molecule has 152 valence electrons. The summed E-state index contributed by atoms with van der Waals surface area (Å²) in [6, 6.07) is 22.4. The van der Waals surface area contributed by atoms with Gasteiger partial charge in [-0.25, -0.2) is 8.88 Å². The molecule has 0 unspecified atom stereocenters.